The number of methoxy groups -OCH3 is 2. The van der Waals surface area contributed by atoms with Crippen molar-refractivity contribution in [2.75, 3.05) is 60.2 Å². The number of benzene rings is 14. The Morgan fingerprint density at radius 3 is 0.738 bits per heavy atom. The molecule has 0 heterocycles. The van der Waals surface area contributed by atoms with Gasteiger partial charge in [-0.1, -0.05) is 182 Å². The zero-order valence-corrected chi connectivity index (χ0v) is 71.7. The SMILES string of the molecule is COCCOC(=O)CCc1ccc(N(c2ccc(-c3ccccc3)cc2)c2ccc(-c3ccc(N(c4ccc(CCC(C)=O)cc4)c4ccc(-c5ccccc5)cc4)cc3)cc2)cc1.COCCOC(=O)CCc1ccc(N(c2ccc(C)c(C)c2)c2ccc(-c3ccc(N(c4ccc(CCC(C)=O)cc4)c4ccc(C)c(C)c4)c(C)c3)cc2C)cc1. The van der Waals surface area contributed by atoms with Crippen molar-refractivity contribution in [2.45, 2.75) is 107 Å². The zero-order chi connectivity index (χ0) is 85.4. The summed E-state index contributed by atoms with van der Waals surface area (Å²) >= 11 is 0. The maximum absolute atomic E-state index is 12.3. The maximum atomic E-state index is 12.3. The van der Waals surface area contributed by atoms with Crippen LogP contribution >= 0.6 is 0 Å². The van der Waals surface area contributed by atoms with Crippen LogP contribution in [0, 0.1) is 41.5 Å². The summed E-state index contributed by atoms with van der Waals surface area (Å²) in [7, 11) is 3.18. The van der Waals surface area contributed by atoms with Gasteiger partial charge >= 0.3 is 11.9 Å². The van der Waals surface area contributed by atoms with Crippen molar-refractivity contribution in [1.29, 1.82) is 0 Å². The molecular weight excluding hydrogens is 1510 g/mol. The Morgan fingerprint density at radius 2 is 0.475 bits per heavy atom. The van der Waals surface area contributed by atoms with E-state index in [0.717, 1.165) is 148 Å². The zero-order valence-electron chi connectivity index (χ0n) is 71.7. The third-order valence-electron chi connectivity index (χ3n) is 22.4. The van der Waals surface area contributed by atoms with Gasteiger partial charge in [-0.2, -0.15) is 0 Å². The average molecular weight is 1610 g/mol. The number of aryl methyl sites for hydroxylation is 10. The van der Waals surface area contributed by atoms with Crippen LogP contribution in [0.3, 0.4) is 0 Å². The molecule has 0 bridgehead atoms. The fourth-order valence-electron chi connectivity index (χ4n) is 15.1. The van der Waals surface area contributed by atoms with Crippen LogP contribution in [0.5, 0.6) is 0 Å². The third kappa shape index (κ3) is 22.7. The lowest BCUT2D eigenvalue weighted by Crippen LogP contribution is -2.12. The van der Waals surface area contributed by atoms with Crippen LogP contribution in [-0.4, -0.2) is 64.2 Å². The monoisotopic (exact) mass is 1610 g/mol. The molecule has 0 amide bonds. The molecule has 616 valence electrons. The number of anilines is 12. The molecule has 14 aromatic rings. The molecule has 122 heavy (non-hydrogen) atoms. The number of hydrogen-bond acceptors (Lipinski definition) is 12. The normalized spacial score (nSPS) is 11.0. The minimum atomic E-state index is -0.227. The van der Waals surface area contributed by atoms with E-state index in [1.807, 2.05) is 12.1 Å². The van der Waals surface area contributed by atoms with Crippen LogP contribution in [-0.2, 0) is 63.8 Å². The van der Waals surface area contributed by atoms with Crippen molar-refractivity contribution in [3.63, 3.8) is 0 Å². The first-order valence-electron chi connectivity index (χ1n) is 42.1. The Labute approximate surface area is 720 Å². The smallest absolute Gasteiger partial charge is 0.306 e. The molecule has 0 saturated carbocycles. The van der Waals surface area contributed by atoms with Crippen LogP contribution in [0.25, 0.3) is 44.5 Å². The number of carbonyl (C=O) groups is 4. The van der Waals surface area contributed by atoms with E-state index >= 15 is 0 Å². The van der Waals surface area contributed by atoms with Gasteiger partial charge in [-0.05, 0) is 327 Å². The van der Waals surface area contributed by atoms with Gasteiger partial charge in [0.05, 0.1) is 13.2 Å². The van der Waals surface area contributed by atoms with Gasteiger partial charge in [0, 0.05) is 108 Å². The first-order valence-corrected chi connectivity index (χ1v) is 42.1. The van der Waals surface area contributed by atoms with Crippen molar-refractivity contribution in [1.82, 2.24) is 0 Å². The first-order chi connectivity index (χ1) is 59.3. The summed E-state index contributed by atoms with van der Waals surface area (Å²) in [6, 6.07) is 116. The Morgan fingerprint density at radius 1 is 0.230 bits per heavy atom. The van der Waals surface area contributed by atoms with Crippen LogP contribution in [0.1, 0.15) is 95.2 Å². The Hall–Kier alpha value is -13.5. The van der Waals surface area contributed by atoms with Gasteiger partial charge in [-0.3, -0.25) is 9.59 Å². The lowest BCUT2D eigenvalue weighted by atomic mass is 9.98. The van der Waals surface area contributed by atoms with Crippen LogP contribution in [0.2, 0.25) is 0 Å². The number of ketones is 2. The van der Waals surface area contributed by atoms with E-state index in [1.54, 1.807) is 28.1 Å². The van der Waals surface area contributed by atoms with E-state index in [-0.39, 0.29) is 36.7 Å². The van der Waals surface area contributed by atoms with Crippen LogP contribution in [0.15, 0.2) is 328 Å². The summed E-state index contributed by atoms with van der Waals surface area (Å²) in [4.78, 5) is 57.0. The fraction of sp³-hybridized carbons (Fsp3) is 0.200. The summed E-state index contributed by atoms with van der Waals surface area (Å²) in [5.74, 6) is -0.0407. The van der Waals surface area contributed by atoms with E-state index in [2.05, 4.69) is 377 Å². The number of ether oxygens (including phenoxy) is 4. The third-order valence-corrected chi connectivity index (χ3v) is 22.4. The molecule has 0 aromatic heterocycles. The van der Waals surface area contributed by atoms with Gasteiger partial charge in [0.2, 0.25) is 0 Å². The lowest BCUT2D eigenvalue weighted by molar-refractivity contribution is -0.145. The number of carbonyl (C=O) groups excluding carboxylic acids is 4. The Kier molecular flexibility index (Phi) is 29.7. The van der Waals surface area contributed by atoms with Gasteiger partial charge in [-0.15, -0.1) is 0 Å². The summed E-state index contributed by atoms with van der Waals surface area (Å²) in [5, 5.41) is 0. The number of nitrogens with zero attached hydrogens (tertiary/aromatic N) is 4. The molecule has 14 aromatic carbocycles. The molecule has 0 fully saturated rings. The number of Topliss-reactive ketones (excluding diaryl/α,β-unsaturated/α-hetero) is 2. The van der Waals surface area contributed by atoms with Gasteiger partial charge in [-0.25, -0.2) is 0 Å². The standard InChI is InChI=1S/C58H52N2O4.C52H56N2O4/c1-43(61)13-14-44-15-28-52(29-16-44)59(54-32-20-48(21-33-54)46-9-5-3-6-10-46)56-36-24-50(25-37-56)51-26-38-57(39-27-51)60(55-34-22-49(23-35-55)47-11-7-4-8-12-47)53-30-17-45(18-31-53)19-40-58(62)64-42-41-63-2;1-35-9-20-48(33-37(35)3)53(46-22-13-42(14-23-46)12-11-41(7)55)50-26-18-44(31-39(50)5)45-19-27-51(40(6)32-45)54(49-21-10-36(2)38(4)34-49)47-24-15-43(16-25-47)17-28-52(56)58-30-29-57-8/h3-12,15-18,20-39H,13-14,19,40-42H2,1-2H3;9-10,13-16,18-27,31-34H,11-12,17,28-30H2,1-8H3. The molecule has 0 radical (unpaired) electrons. The number of hydrogen-bond donors (Lipinski definition) is 0. The predicted octanol–water partition coefficient (Wildman–Crippen LogP) is 27.1. The van der Waals surface area contributed by atoms with Crippen molar-refractivity contribution in [3.05, 3.63) is 383 Å². The van der Waals surface area contributed by atoms with Crippen molar-refractivity contribution in [2.24, 2.45) is 0 Å². The van der Waals surface area contributed by atoms with E-state index in [4.69, 9.17) is 18.9 Å². The molecule has 0 aliphatic rings. The second-order valence-corrected chi connectivity index (χ2v) is 31.3. The highest BCUT2D eigenvalue weighted by molar-refractivity contribution is 5.87. The van der Waals surface area contributed by atoms with Gasteiger partial charge in [0.1, 0.15) is 24.8 Å². The van der Waals surface area contributed by atoms with E-state index in [0.29, 0.717) is 51.7 Å². The summed E-state index contributed by atoms with van der Waals surface area (Å²) in [5.41, 5.74) is 33.7. The number of rotatable bonds is 34. The van der Waals surface area contributed by atoms with Crippen LogP contribution in [0.4, 0.5) is 68.2 Å². The molecule has 0 spiro atoms. The molecule has 0 unspecified atom stereocenters. The van der Waals surface area contributed by atoms with E-state index in [1.165, 1.54) is 33.4 Å². The minimum absolute atomic E-state index is 0.197. The van der Waals surface area contributed by atoms with Crippen molar-refractivity contribution < 1.29 is 38.1 Å². The van der Waals surface area contributed by atoms with Gasteiger partial charge in [0.15, 0.2) is 0 Å². The Balaban J connectivity index is 0.000000211. The van der Waals surface area contributed by atoms with Crippen molar-refractivity contribution >= 4 is 91.8 Å². The highest BCUT2D eigenvalue weighted by Crippen LogP contribution is 2.45. The molecular formula is C110H108N4O8. The van der Waals surface area contributed by atoms with E-state index in [9.17, 15) is 19.2 Å². The summed E-state index contributed by atoms with van der Waals surface area (Å²) < 4.78 is 20.5. The molecule has 12 nitrogen and oxygen atoms in total. The fourth-order valence-corrected chi connectivity index (χ4v) is 15.1. The largest absolute Gasteiger partial charge is 0.463 e. The Bertz CT molecular complexity index is 5820. The molecule has 12 heteroatoms. The lowest BCUT2D eigenvalue weighted by Gasteiger charge is -2.29. The second-order valence-electron chi connectivity index (χ2n) is 31.3. The topological polar surface area (TPSA) is 118 Å². The minimum Gasteiger partial charge on any atom is -0.463 e. The predicted molar refractivity (Wildman–Crippen MR) is 502 cm³/mol. The van der Waals surface area contributed by atoms with E-state index < -0.39 is 0 Å². The molecule has 0 aliphatic carbocycles. The van der Waals surface area contributed by atoms with Crippen LogP contribution < -0.4 is 19.6 Å². The van der Waals surface area contributed by atoms with Crippen molar-refractivity contribution in [3.8, 4) is 44.5 Å². The summed E-state index contributed by atoms with van der Waals surface area (Å²) in [6.07, 6.45) is 4.41. The molecule has 0 saturated heterocycles. The average Bonchev–Trinajstić information content (AvgIpc) is 0.780. The quantitative estimate of drug-likeness (QED) is 0.0282. The number of esters is 2. The molecule has 0 N–H and O–H groups in total. The summed E-state index contributed by atoms with van der Waals surface area (Å²) in [6.45, 7) is 17.6. The molecule has 0 atom stereocenters. The first kappa shape index (κ1) is 86.3. The highest BCUT2D eigenvalue weighted by Gasteiger charge is 2.22. The highest BCUT2D eigenvalue weighted by atomic mass is 16.6. The van der Waals surface area contributed by atoms with Gasteiger partial charge in [0.25, 0.3) is 0 Å². The molecule has 0 aliphatic heterocycles. The maximum Gasteiger partial charge on any atom is 0.306 e. The second kappa shape index (κ2) is 41.9. The molecule has 14 rings (SSSR count). The van der Waals surface area contributed by atoms with Gasteiger partial charge < -0.3 is 48.1 Å².